The van der Waals surface area contributed by atoms with Crippen molar-refractivity contribution >= 4 is 5.91 Å². The fourth-order valence-corrected chi connectivity index (χ4v) is 2.60. The Morgan fingerprint density at radius 1 is 1.14 bits per heavy atom. The van der Waals surface area contributed by atoms with Crippen LogP contribution in [0.15, 0.2) is 12.1 Å². The van der Waals surface area contributed by atoms with Gasteiger partial charge in [0.15, 0.2) is 11.5 Å². The second kappa shape index (κ2) is 9.18. The van der Waals surface area contributed by atoms with Gasteiger partial charge in [0.05, 0.1) is 13.0 Å². The smallest absolute Gasteiger partial charge is 0.225 e. The minimum Gasteiger partial charge on any atom is -0.508 e. The van der Waals surface area contributed by atoms with Crippen molar-refractivity contribution in [1.82, 2.24) is 0 Å². The van der Waals surface area contributed by atoms with Gasteiger partial charge in [-0.25, -0.2) is 0 Å². The zero-order chi connectivity index (χ0) is 16.5. The Morgan fingerprint density at radius 2 is 1.77 bits per heavy atom. The number of carbonyl (C=O) groups is 1. The fourth-order valence-electron chi connectivity index (χ4n) is 2.60. The fraction of sp³-hybridized carbons (Fsp3) is 0.588. The Labute approximate surface area is 132 Å². The Kier molecular flexibility index (Phi) is 7.57. The lowest BCUT2D eigenvalue weighted by Gasteiger charge is -2.16. The van der Waals surface area contributed by atoms with E-state index < -0.39 is 11.8 Å². The third-order valence-corrected chi connectivity index (χ3v) is 3.89. The van der Waals surface area contributed by atoms with Crippen LogP contribution in [0, 0.1) is 0 Å². The molecule has 0 aliphatic carbocycles. The van der Waals surface area contributed by atoms with Crippen molar-refractivity contribution in [2.45, 2.75) is 57.8 Å². The average molecular weight is 309 g/mol. The second-order valence-corrected chi connectivity index (χ2v) is 5.59. The van der Waals surface area contributed by atoms with Gasteiger partial charge in [-0.15, -0.1) is 0 Å². The van der Waals surface area contributed by atoms with Gasteiger partial charge in [-0.2, -0.15) is 0 Å². The van der Waals surface area contributed by atoms with Gasteiger partial charge in [-0.05, 0) is 12.5 Å². The number of methoxy groups -OCH3 is 1. The van der Waals surface area contributed by atoms with E-state index in [1.165, 1.54) is 38.5 Å². The van der Waals surface area contributed by atoms with E-state index in [0.717, 1.165) is 19.3 Å². The molecule has 0 saturated carbocycles. The van der Waals surface area contributed by atoms with Crippen LogP contribution in [0.25, 0.3) is 0 Å². The summed E-state index contributed by atoms with van der Waals surface area (Å²) < 4.78 is 4.93. The molecule has 5 heteroatoms. The number of aromatic hydroxyl groups is 2. The van der Waals surface area contributed by atoms with Crippen LogP contribution in [-0.4, -0.2) is 23.2 Å². The largest absolute Gasteiger partial charge is 0.508 e. The lowest BCUT2D eigenvalue weighted by molar-refractivity contribution is -0.119. The number of phenolic OH excluding ortho intramolecular Hbond substituents is 2. The number of rotatable bonds is 10. The molecule has 1 unspecified atom stereocenters. The molecule has 0 saturated heterocycles. The van der Waals surface area contributed by atoms with E-state index in [-0.39, 0.29) is 17.2 Å². The molecule has 0 aromatic heterocycles. The van der Waals surface area contributed by atoms with Crippen molar-refractivity contribution < 1.29 is 19.7 Å². The number of benzene rings is 1. The van der Waals surface area contributed by atoms with Gasteiger partial charge in [0.2, 0.25) is 5.91 Å². The molecule has 1 rings (SSSR count). The van der Waals surface area contributed by atoms with E-state index in [1.54, 1.807) is 0 Å². The maximum atomic E-state index is 11.7. The first-order valence-corrected chi connectivity index (χ1v) is 7.90. The van der Waals surface area contributed by atoms with Crippen molar-refractivity contribution in [3.63, 3.8) is 0 Å². The summed E-state index contributed by atoms with van der Waals surface area (Å²) in [5, 5.41) is 19.9. The predicted molar refractivity (Wildman–Crippen MR) is 86.3 cm³/mol. The van der Waals surface area contributed by atoms with Gasteiger partial charge in [0, 0.05) is 11.6 Å². The van der Waals surface area contributed by atoms with Crippen LogP contribution in [0.4, 0.5) is 0 Å². The molecule has 4 N–H and O–H groups in total. The molecule has 0 aliphatic rings. The van der Waals surface area contributed by atoms with Crippen LogP contribution in [0.1, 0.15) is 63.4 Å². The zero-order valence-corrected chi connectivity index (χ0v) is 13.5. The molecule has 1 atom stereocenters. The van der Waals surface area contributed by atoms with E-state index >= 15 is 0 Å². The van der Waals surface area contributed by atoms with E-state index in [2.05, 4.69) is 6.92 Å². The van der Waals surface area contributed by atoms with Crippen molar-refractivity contribution in [2.75, 3.05) is 7.11 Å². The molecule has 124 valence electrons. The topological polar surface area (TPSA) is 92.8 Å². The second-order valence-electron chi connectivity index (χ2n) is 5.59. The summed E-state index contributed by atoms with van der Waals surface area (Å²) in [6, 6.07) is 2.67. The summed E-state index contributed by atoms with van der Waals surface area (Å²) in [6.07, 6.45) is 7.23. The number of nitrogens with two attached hydrogens (primary N) is 1. The van der Waals surface area contributed by atoms with Crippen molar-refractivity contribution in [3.05, 3.63) is 17.7 Å². The zero-order valence-electron chi connectivity index (χ0n) is 13.5. The van der Waals surface area contributed by atoms with Crippen LogP contribution in [0.5, 0.6) is 17.2 Å². The Bertz CT molecular complexity index is 488. The summed E-state index contributed by atoms with van der Waals surface area (Å²) in [5.41, 5.74) is 5.82. The Morgan fingerprint density at radius 3 is 2.36 bits per heavy atom. The van der Waals surface area contributed by atoms with Gasteiger partial charge in [0.1, 0.15) is 5.75 Å². The van der Waals surface area contributed by atoms with E-state index in [4.69, 9.17) is 10.5 Å². The quantitative estimate of drug-likeness (QED) is 0.456. The molecular formula is C17H27NO4. The van der Waals surface area contributed by atoms with Crippen LogP contribution in [0.3, 0.4) is 0 Å². The molecule has 1 amide bonds. The van der Waals surface area contributed by atoms with Gasteiger partial charge >= 0.3 is 0 Å². The number of primary amides is 1. The van der Waals surface area contributed by atoms with Gasteiger partial charge in [-0.3, -0.25) is 4.79 Å². The molecular weight excluding hydrogens is 282 g/mol. The lowest BCUT2D eigenvalue weighted by atomic mass is 9.91. The normalized spacial score (nSPS) is 12.1. The van der Waals surface area contributed by atoms with Crippen molar-refractivity contribution in [1.29, 1.82) is 0 Å². The third kappa shape index (κ3) is 5.13. The highest BCUT2D eigenvalue weighted by Gasteiger charge is 2.22. The molecule has 0 fully saturated rings. The number of amides is 1. The van der Waals surface area contributed by atoms with Crippen molar-refractivity contribution in [2.24, 2.45) is 5.73 Å². The average Bonchev–Trinajstić information content (AvgIpc) is 2.48. The summed E-state index contributed by atoms with van der Waals surface area (Å²) in [7, 11) is 1.40. The highest BCUT2D eigenvalue weighted by atomic mass is 16.5. The highest BCUT2D eigenvalue weighted by molar-refractivity contribution is 5.83. The Hall–Kier alpha value is -1.91. The highest BCUT2D eigenvalue weighted by Crippen LogP contribution is 2.38. The van der Waals surface area contributed by atoms with Crippen LogP contribution >= 0.6 is 0 Å². The molecule has 0 bridgehead atoms. The number of hydrogen-bond acceptors (Lipinski definition) is 4. The van der Waals surface area contributed by atoms with Crippen LogP contribution in [-0.2, 0) is 4.79 Å². The first-order valence-electron chi connectivity index (χ1n) is 7.90. The summed E-state index contributed by atoms with van der Waals surface area (Å²) in [4.78, 5) is 11.7. The molecule has 0 radical (unpaired) electrons. The van der Waals surface area contributed by atoms with Crippen LogP contribution in [0.2, 0.25) is 0 Å². The SMILES string of the molecule is CCCCCCCCC(C(N)=O)c1cc(O)c(OC)cc1O. The van der Waals surface area contributed by atoms with E-state index in [9.17, 15) is 15.0 Å². The maximum Gasteiger partial charge on any atom is 0.225 e. The first-order chi connectivity index (χ1) is 10.5. The van der Waals surface area contributed by atoms with E-state index in [1.807, 2.05) is 0 Å². The predicted octanol–water partition coefficient (Wildman–Crippen LogP) is 3.43. The molecule has 1 aromatic rings. The molecule has 22 heavy (non-hydrogen) atoms. The lowest BCUT2D eigenvalue weighted by Crippen LogP contribution is -2.21. The summed E-state index contributed by atoms with van der Waals surface area (Å²) in [5.74, 6) is -1.10. The molecule has 0 spiro atoms. The number of ether oxygens (including phenoxy) is 1. The summed E-state index contributed by atoms with van der Waals surface area (Å²) >= 11 is 0. The molecule has 5 nitrogen and oxygen atoms in total. The minimum absolute atomic E-state index is 0.0792. The van der Waals surface area contributed by atoms with Gasteiger partial charge in [-0.1, -0.05) is 45.4 Å². The minimum atomic E-state index is -0.594. The number of phenols is 2. The number of unbranched alkanes of at least 4 members (excludes halogenated alkanes) is 5. The van der Waals surface area contributed by atoms with Gasteiger partial charge < -0.3 is 20.7 Å². The molecule has 0 aliphatic heterocycles. The maximum absolute atomic E-state index is 11.7. The number of hydrogen-bond donors (Lipinski definition) is 3. The van der Waals surface area contributed by atoms with E-state index in [0.29, 0.717) is 12.0 Å². The van der Waals surface area contributed by atoms with Crippen LogP contribution < -0.4 is 10.5 Å². The molecule has 1 aromatic carbocycles. The van der Waals surface area contributed by atoms with Gasteiger partial charge in [0.25, 0.3) is 0 Å². The molecule has 0 heterocycles. The first kappa shape index (κ1) is 18.1. The standard InChI is InChI=1S/C17H27NO4/c1-3-4-5-6-7-8-9-12(17(18)21)13-10-15(20)16(22-2)11-14(13)19/h10-12,19-20H,3-9H2,1-2H3,(H2,18,21). The Balaban J connectivity index is 2.71. The number of carbonyl (C=O) groups excluding carboxylic acids is 1. The monoisotopic (exact) mass is 309 g/mol. The van der Waals surface area contributed by atoms with Crippen molar-refractivity contribution in [3.8, 4) is 17.2 Å². The summed E-state index contributed by atoms with van der Waals surface area (Å²) in [6.45, 7) is 2.17. The third-order valence-electron chi connectivity index (χ3n) is 3.89.